The van der Waals surface area contributed by atoms with E-state index in [2.05, 4.69) is 29.5 Å². The van der Waals surface area contributed by atoms with E-state index in [1.54, 1.807) is 12.1 Å². The van der Waals surface area contributed by atoms with E-state index >= 15 is 0 Å². The second-order valence-corrected chi connectivity index (χ2v) is 5.32. The molecule has 0 aromatic carbocycles. The molecule has 6 nitrogen and oxygen atoms in total. The highest BCUT2D eigenvalue weighted by Crippen LogP contribution is 2.21. The number of carbonyl (C=O) groups is 1. The van der Waals surface area contributed by atoms with Crippen LogP contribution in [0.1, 0.15) is 33.6 Å². The van der Waals surface area contributed by atoms with E-state index in [4.69, 9.17) is 10.5 Å². The van der Waals surface area contributed by atoms with Gasteiger partial charge >= 0.3 is 0 Å². The van der Waals surface area contributed by atoms with Crippen molar-refractivity contribution in [2.24, 2.45) is 5.92 Å². The number of nitrogens with one attached hydrogen (secondary N) is 2. The van der Waals surface area contributed by atoms with Crippen molar-refractivity contribution in [2.75, 3.05) is 30.7 Å². The van der Waals surface area contributed by atoms with Crippen molar-refractivity contribution in [3.8, 4) is 5.88 Å². The maximum absolute atomic E-state index is 11.5. The molecule has 0 spiro atoms. The number of hydrogen-bond donors (Lipinski definition) is 3. The minimum atomic E-state index is 0.0380. The molecule has 0 aliphatic heterocycles. The Bertz CT molecular complexity index is 449. The average molecular weight is 294 g/mol. The van der Waals surface area contributed by atoms with Gasteiger partial charge in [-0.15, -0.1) is 0 Å². The quantitative estimate of drug-likeness (QED) is 0.648. The molecule has 0 bridgehead atoms. The Balaban J connectivity index is 2.44. The number of amides is 1. The molecule has 21 heavy (non-hydrogen) atoms. The van der Waals surface area contributed by atoms with E-state index in [0.717, 1.165) is 6.42 Å². The van der Waals surface area contributed by atoms with Crippen LogP contribution in [-0.4, -0.2) is 30.6 Å². The largest absolute Gasteiger partial charge is 0.476 e. The Morgan fingerprint density at radius 1 is 1.38 bits per heavy atom. The summed E-state index contributed by atoms with van der Waals surface area (Å²) >= 11 is 0. The third-order valence-corrected chi connectivity index (χ3v) is 2.67. The van der Waals surface area contributed by atoms with Crippen LogP contribution in [0.25, 0.3) is 0 Å². The molecule has 0 saturated heterocycles. The van der Waals surface area contributed by atoms with Crippen LogP contribution in [0.2, 0.25) is 0 Å². The van der Waals surface area contributed by atoms with Crippen molar-refractivity contribution < 1.29 is 9.53 Å². The molecule has 0 unspecified atom stereocenters. The van der Waals surface area contributed by atoms with Gasteiger partial charge in [-0.1, -0.05) is 20.8 Å². The van der Waals surface area contributed by atoms with Crippen molar-refractivity contribution in [3.05, 3.63) is 12.1 Å². The number of nitrogens with two attached hydrogens (primary N) is 1. The highest BCUT2D eigenvalue weighted by Gasteiger charge is 2.06. The number of aromatic nitrogens is 1. The Morgan fingerprint density at radius 3 is 2.81 bits per heavy atom. The zero-order valence-electron chi connectivity index (χ0n) is 13.1. The molecular weight excluding hydrogens is 268 g/mol. The summed E-state index contributed by atoms with van der Waals surface area (Å²) in [6.07, 6.45) is 1.35. The lowest BCUT2D eigenvalue weighted by Gasteiger charge is -2.12. The molecule has 1 amide bonds. The summed E-state index contributed by atoms with van der Waals surface area (Å²) in [4.78, 5) is 15.8. The molecule has 1 aromatic rings. The summed E-state index contributed by atoms with van der Waals surface area (Å²) in [6.45, 7) is 7.96. The number of anilines is 2. The van der Waals surface area contributed by atoms with E-state index in [-0.39, 0.29) is 5.91 Å². The van der Waals surface area contributed by atoms with E-state index in [1.165, 1.54) is 0 Å². The number of pyridine rings is 1. The van der Waals surface area contributed by atoms with Gasteiger partial charge in [0.25, 0.3) is 0 Å². The van der Waals surface area contributed by atoms with E-state index in [9.17, 15) is 4.79 Å². The highest BCUT2D eigenvalue weighted by molar-refractivity contribution is 5.76. The van der Waals surface area contributed by atoms with Gasteiger partial charge in [0.05, 0.1) is 12.3 Å². The van der Waals surface area contributed by atoms with E-state index in [1.807, 2.05) is 6.92 Å². The van der Waals surface area contributed by atoms with E-state index in [0.29, 0.717) is 49.4 Å². The molecule has 1 aromatic heterocycles. The average Bonchev–Trinajstić information content (AvgIpc) is 2.45. The van der Waals surface area contributed by atoms with Gasteiger partial charge in [0, 0.05) is 19.5 Å². The number of nitrogen functional groups attached to an aromatic ring is 1. The molecule has 6 heteroatoms. The van der Waals surface area contributed by atoms with Gasteiger partial charge in [-0.25, -0.2) is 0 Å². The van der Waals surface area contributed by atoms with Crippen molar-refractivity contribution in [3.63, 3.8) is 0 Å². The molecule has 1 rings (SSSR count). The van der Waals surface area contributed by atoms with Gasteiger partial charge in [0.1, 0.15) is 5.82 Å². The second kappa shape index (κ2) is 9.05. The monoisotopic (exact) mass is 294 g/mol. The van der Waals surface area contributed by atoms with Gasteiger partial charge in [-0.3, -0.25) is 4.79 Å². The number of rotatable bonds is 9. The van der Waals surface area contributed by atoms with Crippen LogP contribution < -0.4 is 21.1 Å². The summed E-state index contributed by atoms with van der Waals surface area (Å²) < 4.78 is 5.56. The Hall–Kier alpha value is -1.98. The first-order valence-corrected chi connectivity index (χ1v) is 7.42. The third-order valence-electron chi connectivity index (χ3n) is 2.67. The maximum Gasteiger partial charge on any atom is 0.239 e. The highest BCUT2D eigenvalue weighted by atomic mass is 16.5. The summed E-state index contributed by atoms with van der Waals surface area (Å²) in [6, 6.07) is 3.53. The van der Waals surface area contributed by atoms with Gasteiger partial charge in [-0.2, -0.15) is 4.98 Å². The lowest BCUT2D eigenvalue weighted by atomic mass is 10.2. The van der Waals surface area contributed by atoms with Crippen molar-refractivity contribution >= 4 is 17.4 Å². The molecule has 1 heterocycles. The van der Waals surface area contributed by atoms with Crippen LogP contribution in [0.3, 0.4) is 0 Å². The summed E-state index contributed by atoms with van der Waals surface area (Å²) in [5, 5.41) is 5.93. The first-order chi connectivity index (χ1) is 10.0. The smallest absolute Gasteiger partial charge is 0.239 e. The topological polar surface area (TPSA) is 89.3 Å². The SMILES string of the molecule is CCCNC(=O)CCNc1ccc(N)c(OCC(C)C)n1. The zero-order valence-corrected chi connectivity index (χ0v) is 13.1. The molecule has 0 saturated carbocycles. The van der Waals surface area contributed by atoms with Crippen molar-refractivity contribution in [1.29, 1.82) is 0 Å². The van der Waals surface area contributed by atoms with Crippen molar-refractivity contribution in [2.45, 2.75) is 33.6 Å². The predicted molar refractivity (Wildman–Crippen MR) is 85.4 cm³/mol. The molecule has 118 valence electrons. The molecule has 0 fully saturated rings. The first-order valence-electron chi connectivity index (χ1n) is 7.42. The fraction of sp³-hybridized carbons (Fsp3) is 0.600. The zero-order chi connectivity index (χ0) is 15.7. The minimum Gasteiger partial charge on any atom is -0.476 e. The summed E-state index contributed by atoms with van der Waals surface area (Å²) in [5.74, 6) is 1.54. The minimum absolute atomic E-state index is 0.0380. The molecule has 0 aliphatic carbocycles. The van der Waals surface area contributed by atoms with Gasteiger partial charge in [0.2, 0.25) is 11.8 Å². The fourth-order valence-electron chi connectivity index (χ4n) is 1.57. The Labute approximate surface area is 126 Å². The van der Waals surface area contributed by atoms with Crippen LogP contribution >= 0.6 is 0 Å². The lowest BCUT2D eigenvalue weighted by molar-refractivity contribution is -0.120. The summed E-state index contributed by atoms with van der Waals surface area (Å²) in [5.41, 5.74) is 6.34. The van der Waals surface area contributed by atoms with E-state index < -0.39 is 0 Å². The van der Waals surface area contributed by atoms with Gasteiger partial charge in [0.15, 0.2) is 0 Å². The fourth-order valence-corrected chi connectivity index (χ4v) is 1.57. The molecular formula is C15H26N4O2. The third kappa shape index (κ3) is 6.83. The number of ether oxygens (including phenoxy) is 1. The van der Waals surface area contributed by atoms with Crippen LogP contribution in [0.15, 0.2) is 12.1 Å². The lowest BCUT2D eigenvalue weighted by Crippen LogP contribution is -2.26. The maximum atomic E-state index is 11.5. The molecule has 0 aliphatic rings. The standard InChI is InChI=1S/C15H26N4O2/c1-4-8-18-14(20)7-9-17-13-6-5-12(16)15(19-13)21-10-11(2)3/h5-6,11H,4,7-10,16H2,1-3H3,(H,17,19)(H,18,20). The number of hydrogen-bond acceptors (Lipinski definition) is 5. The van der Waals surface area contributed by atoms with Gasteiger partial charge in [-0.05, 0) is 24.5 Å². The van der Waals surface area contributed by atoms with Crippen LogP contribution in [0.4, 0.5) is 11.5 Å². The number of nitrogens with zero attached hydrogens (tertiary/aromatic N) is 1. The van der Waals surface area contributed by atoms with Crippen molar-refractivity contribution in [1.82, 2.24) is 10.3 Å². The first kappa shape index (κ1) is 17.1. The summed E-state index contributed by atoms with van der Waals surface area (Å²) in [7, 11) is 0. The van der Waals surface area contributed by atoms with Crippen LogP contribution in [0, 0.1) is 5.92 Å². The Kier molecular flexibility index (Phi) is 7.36. The molecule has 0 radical (unpaired) electrons. The second-order valence-electron chi connectivity index (χ2n) is 5.32. The number of carbonyl (C=O) groups excluding carboxylic acids is 1. The normalized spacial score (nSPS) is 10.5. The molecule has 4 N–H and O–H groups in total. The predicted octanol–water partition coefficient (Wildman–Crippen LogP) is 2.03. The van der Waals surface area contributed by atoms with Gasteiger partial charge < -0.3 is 21.1 Å². The van der Waals surface area contributed by atoms with Crippen LogP contribution in [0.5, 0.6) is 5.88 Å². The molecule has 0 atom stereocenters. The van der Waals surface area contributed by atoms with Crippen LogP contribution in [-0.2, 0) is 4.79 Å². The Morgan fingerprint density at radius 2 is 2.14 bits per heavy atom.